The van der Waals surface area contributed by atoms with Gasteiger partial charge in [0, 0.05) is 0 Å². The van der Waals surface area contributed by atoms with Crippen LogP contribution in [0.1, 0.15) is 5.01 Å². The standard InChI is InChI=1S/C13H7F3N4OS2/c1-6-19-20-5-9(18-12(20)22-6)11-17-8-3-2-7(4-10(8)23-11)21-13(14,15)16/h2-5H,1H3. The van der Waals surface area contributed by atoms with E-state index in [1.54, 1.807) is 10.7 Å². The highest BCUT2D eigenvalue weighted by Crippen LogP contribution is 2.33. The van der Waals surface area contributed by atoms with Crippen LogP contribution in [0.25, 0.3) is 25.9 Å². The first kappa shape index (κ1) is 14.4. The van der Waals surface area contributed by atoms with Gasteiger partial charge >= 0.3 is 6.36 Å². The number of nitrogens with zero attached hydrogens (tertiary/aromatic N) is 4. The zero-order chi connectivity index (χ0) is 16.2. The maximum atomic E-state index is 12.3. The number of thiazole rings is 1. The van der Waals surface area contributed by atoms with Crippen LogP contribution in [0.3, 0.4) is 0 Å². The van der Waals surface area contributed by atoms with Crippen molar-refractivity contribution in [1.82, 2.24) is 19.6 Å². The van der Waals surface area contributed by atoms with Crippen LogP contribution in [-0.2, 0) is 0 Å². The fourth-order valence-corrected chi connectivity index (χ4v) is 3.79. The SMILES string of the molecule is Cc1nn2cc(-c3nc4ccc(OC(F)(F)F)cc4s3)nc2s1. The lowest BCUT2D eigenvalue weighted by Gasteiger charge is -2.07. The second-order valence-corrected chi connectivity index (χ2v) is 6.86. The number of rotatable bonds is 2. The van der Waals surface area contributed by atoms with Crippen LogP contribution in [0.4, 0.5) is 13.2 Å². The third kappa shape index (κ3) is 2.75. The van der Waals surface area contributed by atoms with Gasteiger partial charge in [0.2, 0.25) is 4.96 Å². The summed E-state index contributed by atoms with van der Waals surface area (Å²) < 4.78 is 43.0. The molecule has 0 saturated heterocycles. The first-order chi connectivity index (χ1) is 10.9. The van der Waals surface area contributed by atoms with Gasteiger partial charge in [0.15, 0.2) is 0 Å². The molecule has 5 nitrogen and oxygen atoms in total. The minimum absolute atomic E-state index is 0.261. The highest BCUT2D eigenvalue weighted by molar-refractivity contribution is 7.21. The average molecular weight is 356 g/mol. The number of hydrogen-bond donors (Lipinski definition) is 0. The number of fused-ring (bicyclic) bond motifs is 2. The normalized spacial score (nSPS) is 12.3. The Hall–Kier alpha value is -2.20. The molecular weight excluding hydrogens is 349 g/mol. The molecule has 3 heterocycles. The molecule has 0 aliphatic carbocycles. The summed E-state index contributed by atoms with van der Waals surface area (Å²) in [6.07, 6.45) is -2.96. The van der Waals surface area contributed by atoms with Gasteiger partial charge in [0.05, 0.1) is 16.4 Å². The van der Waals surface area contributed by atoms with Crippen LogP contribution < -0.4 is 4.74 Å². The van der Waals surface area contributed by atoms with E-state index in [4.69, 9.17) is 0 Å². The van der Waals surface area contributed by atoms with Crippen molar-refractivity contribution < 1.29 is 17.9 Å². The molecule has 118 valence electrons. The Morgan fingerprint density at radius 3 is 2.74 bits per heavy atom. The summed E-state index contributed by atoms with van der Waals surface area (Å²) in [6, 6.07) is 4.07. The Balaban J connectivity index is 1.74. The maximum Gasteiger partial charge on any atom is 0.573 e. The first-order valence-electron chi connectivity index (χ1n) is 6.37. The predicted octanol–water partition coefficient (Wildman–Crippen LogP) is 4.27. The number of halogens is 3. The Morgan fingerprint density at radius 1 is 1.17 bits per heavy atom. The minimum atomic E-state index is -4.71. The van der Waals surface area contributed by atoms with E-state index < -0.39 is 6.36 Å². The Morgan fingerprint density at radius 2 is 2.00 bits per heavy atom. The monoisotopic (exact) mass is 356 g/mol. The van der Waals surface area contributed by atoms with Crippen LogP contribution >= 0.6 is 22.7 Å². The second kappa shape index (κ2) is 4.90. The highest BCUT2D eigenvalue weighted by Gasteiger charge is 2.31. The Kier molecular flexibility index (Phi) is 3.07. The molecule has 23 heavy (non-hydrogen) atoms. The minimum Gasteiger partial charge on any atom is -0.406 e. The maximum absolute atomic E-state index is 12.3. The fourth-order valence-electron chi connectivity index (χ4n) is 2.11. The van der Waals surface area contributed by atoms with Gasteiger partial charge in [-0.25, -0.2) is 14.5 Å². The van der Waals surface area contributed by atoms with Gasteiger partial charge in [0.25, 0.3) is 0 Å². The molecule has 10 heteroatoms. The van der Waals surface area contributed by atoms with Crippen molar-refractivity contribution in [2.24, 2.45) is 0 Å². The molecule has 0 saturated carbocycles. The summed E-state index contributed by atoms with van der Waals surface area (Å²) in [7, 11) is 0. The van der Waals surface area contributed by atoms with Crippen molar-refractivity contribution in [1.29, 1.82) is 0 Å². The molecule has 0 aliphatic heterocycles. The van der Waals surface area contributed by atoms with Crippen molar-refractivity contribution in [2.75, 3.05) is 0 Å². The highest BCUT2D eigenvalue weighted by atomic mass is 32.1. The number of imidazole rings is 1. The molecule has 0 bridgehead atoms. The quantitative estimate of drug-likeness (QED) is 0.538. The first-order valence-corrected chi connectivity index (χ1v) is 8.00. The van der Waals surface area contributed by atoms with Gasteiger partial charge < -0.3 is 4.74 Å². The third-order valence-electron chi connectivity index (χ3n) is 2.96. The summed E-state index contributed by atoms with van der Waals surface area (Å²) >= 11 is 2.71. The fraction of sp³-hybridized carbons (Fsp3) is 0.154. The van der Waals surface area contributed by atoms with Crippen LogP contribution in [0.5, 0.6) is 5.75 Å². The summed E-state index contributed by atoms with van der Waals surface area (Å²) in [5.74, 6) is -0.261. The van der Waals surface area contributed by atoms with Crippen molar-refractivity contribution in [3.63, 3.8) is 0 Å². The Labute approximate surface area is 135 Å². The molecule has 0 radical (unpaired) electrons. The van der Waals surface area contributed by atoms with Gasteiger partial charge in [-0.2, -0.15) is 5.10 Å². The summed E-state index contributed by atoms with van der Waals surface area (Å²) in [5.41, 5.74) is 1.24. The third-order valence-corrected chi connectivity index (χ3v) is 4.84. The van der Waals surface area contributed by atoms with E-state index in [9.17, 15) is 13.2 Å². The van der Waals surface area contributed by atoms with Crippen LogP contribution in [-0.4, -0.2) is 25.9 Å². The summed E-state index contributed by atoms with van der Waals surface area (Å²) in [6.45, 7) is 1.89. The molecule has 0 aliphatic rings. The van der Waals surface area contributed by atoms with E-state index in [1.165, 1.54) is 40.9 Å². The van der Waals surface area contributed by atoms with E-state index in [0.29, 0.717) is 20.9 Å². The largest absolute Gasteiger partial charge is 0.573 e. The smallest absolute Gasteiger partial charge is 0.406 e. The topological polar surface area (TPSA) is 52.3 Å². The molecule has 1 aromatic carbocycles. The van der Waals surface area contributed by atoms with Crippen LogP contribution in [0, 0.1) is 6.92 Å². The predicted molar refractivity (Wildman–Crippen MR) is 80.9 cm³/mol. The number of aromatic nitrogens is 4. The zero-order valence-electron chi connectivity index (χ0n) is 11.5. The van der Waals surface area contributed by atoms with Gasteiger partial charge in [-0.15, -0.1) is 24.5 Å². The summed E-state index contributed by atoms with van der Waals surface area (Å²) in [5, 5.41) is 5.80. The number of ether oxygens (including phenoxy) is 1. The molecule has 0 unspecified atom stereocenters. The van der Waals surface area contributed by atoms with Gasteiger partial charge in [-0.1, -0.05) is 11.3 Å². The number of alkyl halides is 3. The lowest BCUT2D eigenvalue weighted by Crippen LogP contribution is -2.16. The number of hydrogen-bond acceptors (Lipinski definition) is 6. The van der Waals surface area contributed by atoms with E-state index in [0.717, 1.165) is 9.97 Å². The van der Waals surface area contributed by atoms with E-state index in [-0.39, 0.29) is 5.75 Å². The molecule has 0 N–H and O–H groups in total. The van der Waals surface area contributed by atoms with Gasteiger partial charge in [-0.05, 0) is 25.1 Å². The molecule has 0 fully saturated rings. The average Bonchev–Trinajstić information content (AvgIpc) is 3.07. The molecule has 3 aromatic heterocycles. The molecule has 0 atom stereocenters. The van der Waals surface area contributed by atoms with Crippen molar-refractivity contribution in [2.45, 2.75) is 13.3 Å². The second-order valence-electron chi connectivity index (χ2n) is 4.67. The zero-order valence-corrected chi connectivity index (χ0v) is 13.1. The molecule has 4 rings (SSSR count). The van der Waals surface area contributed by atoms with Crippen molar-refractivity contribution in [3.05, 3.63) is 29.4 Å². The van der Waals surface area contributed by atoms with Crippen molar-refractivity contribution in [3.8, 4) is 16.5 Å². The van der Waals surface area contributed by atoms with Crippen LogP contribution in [0.15, 0.2) is 24.4 Å². The Bertz CT molecular complexity index is 986. The molecular formula is C13H7F3N4OS2. The lowest BCUT2D eigenvalue weighted by atomic mass is 10.3. The number of benzene rings is 1. The van der Waals surface area contributed by atoms with Gasteiger partial charge in [0.1, 0.15) is 21.5 Å². The van der Waals surface area contributed by atoms with E-state index >= 15 is 0 Å². The van der Waals surface area contributed by atoms with Crippen molar-refractivity contribution >= 4 is 37.9 Å². The van der Waals surface area contributed by atoms with E-state index in [1.807, 2.05) is 6.92 Å². The molecule has 0 spiro atoms. The molecule has 0 amide bonds. The number of aryl methyl sites for hydroxylation is 1. The molecule has 4 aromatic rings. The van der Waals surface area contributed by atoms with Gasteiger partial charge in [-0.3, -0.25) is 0 Å². The van der Waals surface area contributed by atoms with Crippen LogP contribution in [0.2, 0.25) is 0 Å². The lowest BCUT2D eigenvalue weighted by molar-refractivity contribution is -0.274. The summed E-state index contributed by atoms with van der Waals surface area (Å²) in [4.78, 5) is 9.59. The van der Waals surface area contributed by atoms with E-state index in [2.05, 4.69) is 19.8 Å².